The predicted molar refractivity (Wildman–Crippen MR) is 245 cm³/mol. The molecule has 5 rings (SSSR count). The summed E-state index contributed by atoms with van der Waals surface area (Å²) in [7, 11) is 3.03. The molecule has 4 fully saturated rings. The fourth-order valence-corrected chi connectivity index (χ4v) is 11.6. The number of carbonyl (C=O) groups excluding carboxylic acids is 5. The van der Waals surface area contributed by atoms with Gasteiger partial charge in [-0.25, -0.2) is 4.79 Å². The molecule has 3 saturated carbocycles. The SMILES string of the molecule is CO[C@H]1C[C@@H]2CC[C@@H](C)[C@@](O)(C2)C(=O)C(=O)N2CCCC[C@H]2C(=O)O[C@H]([C@H](C)C[C@H]2C[C@H]3C[C@@H]2C[C@@H]3O)CC(=O)[C@H](C)/C=C(\C)[C@@H](O)[C@@H](OC)C(=O)[C@H](C)C[C@H](C)/C=C/C=C/C=C/1C. The summed E-state index contributed by atoms with van der Waals surface area (Å²) in [4.78, 5) is 72.1. The Balaban J connectivity index is 1.46. The van der Waals surface area contributed by atoms with Crippen molar-refractivity contribution in [3.05, 3.63) is 47.6 Å². The number of aliphatic hydroxyl groups excluding tert-OH is 2. The van der Waals surface area contributed by atoms with Crippen LogP contribution in [0.4, 0.5) is 0 Å². The molecular formula is C52H79NO11. The first-order valence-corrected chi connectivity index (χ1v) is 24.3. The van der Waals surface area contributed by atoms with Crippen LogP contribution in [0.15, 0.2) is 47.6 Å². The van der Waals surface area contributed by atoms with Crippen molar-refractivity contribution in [1.82, 2.24) is 4.90 Å². The van der Waals surface area contributed by atoms with Gasteiger partial charge >= 0.3 is 5.97 Å². The average Bonchev–Trinajstić information content (AvgIpc) is 3.84. The molecular weight excluding hydrogens is 815 g/mol. The minimum Gasteiger partial charge on any atom is -0.460 e. The highest BCUT2D eigenvalue weighted by atomic mass is 16.5. The monoisotopic (exact) mass is 894 g/mol. The van der Waals surface area contributed by atoms with Gasteiger partial charge in [0.05, 0.1) is 12.2 Å². The van der Waals surface area contributed by atoms with Gasteiger partial charge in [-0.05, 0) is 143 Å². The Morgan fingerprint density at radius 1 is 0.859 bits per heavy atom. The molecule has 0 aromatic carbocycles. The predicted octanol–water partition coefficient (Wildman–Crippen LogP) is 7.08. The average molecular weight is 894 g/mol. The van der Waals surface area contributed by atoms with Crippen LogP contribution < -0.4 is 0 Å². The third kappa shape index (κ3) is 12.4. The number of methoxy groups -OCH3 is 2. The third-order valence-electron chi connectivity index (χ3n) is 15.9. The van der Waals surface area contributed by atoms with Crippen molar-refractivity contribution in [2.45, 2.75) is 174 Å². The van der Waals surface area contributed by atoms with E-state index >= 15 is 0 Å². The van der Waals surface area contributed by atoms with E-state index < -0.39 is 65.4 Å². The fourth-order valence-electron chi connectivity index (χ4n) is 11.6. The van der Waals surface area contributed by atoms with E-state index in [0.717, 1.165) is 31.3 Å². The molecule has 3 N–H and O–H groups in total. The number of aliphatic hydroxyl groups is 3. The van der Waals surface area contributed by atoms with E-state index in [1.165, 1.54) is 12.0 Å². The summed E-state index contributed by atoms with van der Waals surface area (Å²) in [5.41, 5.74) is -0.532. The highest BCUT2D eigenvalue weighted by Crippen LogP contribution is 2.51. The molecule has 12 heteroatoms. The highest BCUT2D eigenvalue weighted by Gasteiger charge is 2.52. The summed E-state index contributed by atoms with van der Waals surface area (Å²) >= 11 is 0. The standard InChI is InChI=1S/C52H79NO11/c1-30-15-11-10-12-16-31(2)44(62-8)24-37-19-18-36(7)52(61,29-37)49(58)50(59)53-20-14-13-17-41(53)51(60)64-45(33(4)23-38-25-40-26-39(38)27-43(40)55)28-42(54)32(3)22-35(6)47(57)48(63-9)46(56)34(5)21-30/h10-12,15-16,22,30,32-34,36-41,43-45,47-48,55,57,61H,13-14,17-21,23-29H2,1-9H3/b12-10+,15-11+,31-16+,35-22+/t30-,32-,33-,34-,36-,37+,38+,39-,40+,41+,43+,44+,45+,47-,48+,52+/m1/s1. The van der Waals surface area contributed by atoms with Gasteiger partial charge in [0.25, 0.3) is 11.7 Å². The minimum absolute atomic E-state index is 0.0444. The largest absolute Gasteiger partial charge is 0.460 e. The molecule has 0 radical (unpaired) electrons. The maximum Gasteiger partial charge on any atom is 0.329 e. The van der Waals surface area contributed by atoms with Crippen molar-refractivity contribution in [3.63, 3.8) is 0 Å². The first kappa shape index (κ1) is 51.7. The quantitative estimate of drug-likeness (QED) is 0.146. The number of cyclic esters (lactones) is 1. The highest BCUT2D eigenvalue weighted by molar-refractivity contribution is 6.39. The molecule has 2 aliphatic heterocycles. The number of hydrogen-bond acceptors (Lipinski definition) is 11. The number of esters is 1. The van der Waals surface area contributed by atoms with Crippen LogP contribution in [-0.4, -0.2) is 112 Å². The number of amides is 1. The van der Waals surface area contributed by atoms with E-state index in [-0.39, 0.29) is 73.3 Å². The second kappa shape index (κ2) is 22.9. The molecule has 358 valence electrons. The van der Waals surface area contributed by atoms with Crippen molar-refractivity contribution in [3.8, 4) is 0 Å². The van der Waals surface area contributed by atoms with Crippen molar-refractivity contribution in [2.24, 2.45) is 53.3 Å². The lowest BCUT2D eigenvalue weighted by molar-refractivity contribution is -0.171. The molecule has 5 aliphatic rings. The summed E-state index contributed by atoms with van der Waals surface area (Å²) in [6.45, 7) is 13.2. The molecule has 0 spiro atoms. The lowest BCUT2D eigenvalue weighted by atomic mass is 9.67. The zero-order chi connectivity index (χ0) is 47.0. The molecule has 2 heterocycles. The zero-order valence-corrected chi connectivity index (χ0v) is 40.1. The minimum atomic E-state index is -1.91. The number of nitrogens with zero attached hydrogens (tertiary/aromatic N) is 1. The molecule has 0 aromatic rings. The van der Waals surface area contributed by atoms with Crippen LogP contribution in [0.1, 0.15) is 132 Å². The molecule has 4 bridgehead atoms. The van der Waals surface area contributed by atoms with Crippen molar-refractivity contribution < 1.29 is 53.5 Å². The lowest BCUT2D eigenvalue weighted by Gasteiger charge is -2.43. The second-order valence-corrected chi connectivity index (χ2v) is 20.7. The first-order chi connectivity index (χ1) is 30.3. The number of carbonyl (C=O) groups is 5. The first-order valence-electron chi connectivity index (χ1n) is 24.3. The molecule has 64 heavy (non-hydrogen) atoms. The Labute approximate surface area is 382 Å². The van der Waals surface area contributed by atoms with Crippen LogP contribution >= 0.6 is 0 Å². The van der Waals surface area contributed by atoms with Crippen LogP contribution in [-0.2, 0) is 38.2 Å². The van der Waals surface area contributed by atoms with Crippen LogP contribution in [0.25, 0.3) is 0 Å². The van der Waals surface area contributed by atoms with Crippen molar-refractivity contribution in [2.75, 3.05) is 20.8 Å². The number of hydrogen-bond donors (Lipinski definition) is 3. The molecule has 16 atom stereocenters. The number of Topliss-reactive ketones (excluding diaryl/α,β-unsaturated/α-hetero) is 3. The molecule has 0 aromatic heterocycles. The smallest absolute Gasteiger partial charge is 0.329 e. The van der Waals surface area contributed by atoms with Crippen LogP contribution in [0.2, 0.25) is 0 Å². The molecule has 1 saturated heterocycles. The van der Waals surface area contributed by atoms with E-state index in [1.807, 2.05) is 58.1 Å². The normalized spacial score (nSPS) is 42.5. The van der Waals surface area contributed by atoms with Gasteiger partial charge in [0.2, 0.25) is 0 Å². The number of rotatable bonds is 5. The number of allylic oxidation sites excluding steroid dienone is 6. The van der Waals surface area contributed by atoms with Crippen molar-refractivity contribution in [1.29, 1.82) is 0 Å². The lowest BCUT2D eigenvalue weighted by Crippen LogP contribution is -2.59. The Morgan fingerprint density at radius 2 is 1.59 bits per heavy atom. The maximum atomic E-state index is 14.4. The Bertz CT molecular complexity index is 1780. The summed E-state index contributed by atoms with van der Waals surface area (Å²) in [6.07, 6.45) is 14.7. The Hall–Kier alpha value is -3.29. The van der Waals surface area contributed by atoms with Crippen molar-refractivity contribution >= 4 is 29.2 Å². The van der Waals surface area contributed by atoms with Gasteiger partial charge in [0.15, 0.2) is 5.78 Å². The fraction of sp³-hybridized carbons (Fsp3) is 0.750. The number of fused-ring (bicyclic) bond motifs is 5. The van der Waals surface area contributed by atoms with Gasteiger partial charge in [-0.2, -0.15) is 0 Å². The van der Waals surface area contributed by atoms with Crippen LogP contribution in [0, 0.1) is 53.3 Å². The summed E-state index contributed by atoms with van der Waals surface area (Å²) < 4.78 is 17.8. The summed E-state index contributed by atoms with van der Waals surface area (Å²) in [5.74, 6) is -3.87. The number of ketones is 3. The van der Waals surface area contributed by atoms with Crippen LogP contribution in [0.5, 0.6) is 0 Å². The van der Waals surface area contributed by atoms with Gasteiger partial charge in [0.1, 0.15) is 35.7 Å². The molecule has 12 nitrogen and oxygen atoms in total. The van der Waals surface area contributed by atoms with Gasteiger partial charge in [-0.15, -0.1) is 0 Å². The summed E-state index contributed by atoms with van der Waals surface area (Å²) in [6, 6.07) is -1.06. The number of ether oxygens (including phenoxy) is 3. The molecule has 1 amide bonds. The van der Waals surface area contributed by atoms with Gasteiger partial charge in [-0.1, -0.05) is 71.1 Å². The van der Waals surface area contributed by atoms with Gasteiger partial charge < -0.3 is 34.4 Å². The topological polar surface area (TPSA) is 177 Å². The number of piperidine rings is 1. The van der Waals surface area contributed by atoms with Crippen LogP contribution in [0.3, 0.4) is 0 Å². The van der Waals surface area contributed by atoms with E-state index in [0.29, 0.717) is 55.9 Å². The Kier molecular flexibility index (Phi) is 18.5. The van der Waals surface area contributed by atoms with Gasteiger partial charge in [-0.3, -0.25) is 19.2 Å². The molecule has 0 unspecified atom stereocenters. The summed E-state index contributed by atoms with van der Waals surface area (Å²) in [5, 5.41) is 34.0. The third-order valence-corrected chi connectivity index (χ3v) is 15.9. The zero-order valence-electron chi connectivity index (χ0n) is 40.1. The van der Waals surface area contributed by atoms with E-state index in [1.54, 1.807) is 34.0 Å². The Morgan fingerprint density at radius 3 is 2.25 bits per heavy atom. The molecule has 3 aliphatic carbocycles. The van der Waals surface area contributed by atoms with E-state index in [2.05, 4.69) is 0 Å². The second-order valence-electron chi connectivity index (χ2n) is 20.7. The van der Waals surface area contributed by atoms with E-state index in [4.69, 9.17) is 14.2 Å². The maximum absolute atomic E-state index is 14.4. The van der Waals surface area contributed by atoms with Gasteiger partial charge in [0, 0.05) is 39.0 Å². The van der Waals surface area contributed by atoms with E-state index in [9.17, 15) is 39.3 Å².